The number of aromatic hydroxyl groups is 2. The van der Waals surface area contributed by atoms with Crippen molar-refractivity contribution < 1.29 is 39.9 Å². The number of nitrogens with one attached hydrogen (secondary N) is 7. The van der Waals surface area contributed by atoms with Gasteiger partial charge >= 0.3 is 5.97 Å². The molecule has 6 saturated carbocycles. The number of piperidine rings is 12. The number of nitrogens with zero attached hydrogens (tertiary/aromatic N) is 5. The van der Waals surface area contributed by atoms with Gasteiger partial charge in [-0.3, -0.25) is 34.1 Å². The van der Waals surface area contributed by atoms with Gasteiger partial charge < -0.3 is 65.5 Å². The van der Waals surface area contributed by atoms with Gasteiger partial charge in [-0.2, -0.15) is 0 Å². The monoisotopic (exact) mass is 1920 g/mol. The fourth-order valence-corrected chi connectivity index (χ4v) is 36.0. The molecule has 20 heteroatoms. The standard InChI is InChI=1S/C22H28N2O3.C22H28N2O.2C20H26N2O.2C19H24N2O/c1-3-15-8-14-10-22(21(26)27-2)19-16(6-7-24(11-14)20(15)22)17-9-13(12-25)4-5-18(17)23-19;1-4-16-10-15-11-22(14(3)25)20-17(7-8-24(12-15)21(16)22)18-9-13(2)5-6-19(18)23-20;2*1-2-14-7-13-9-17-19-15(5-6-22(10-13)20(14)17)16-8-12(11-23)3-4-18(16)21-19;1-2-10-7-11-8-15-18(10)17(20-11)6-4-13-14-9-12(22)3-5-16(14)21-19(13)15;1-2-12-7-11-8-16-18-14(5-6-21(10-11)19(12)16)15-9-13(22)3-4-17(15)20-18/h4-5,9,14-15,20,23,25H,3,6-8,10-12H2,1-2H3;5-6,9,15-16,21,23H,4,7-8,10-12H2,1-3H3;2*3-4,8,13-14,17,20-21,23H,2,5-7,9-11H2,1H3;3,5,9-11,15,17-18,20-22H,2,4,6-8H2,1H3;3-4,9,11-12,16,19-20,22H,2,5-8,10H2,1H3. The number of H-pyrrole nitrogens is 6. The van der Waals surface area contributed by atoms with Gasteiger partial charge in [0.05, 0.1) is 32.3 Å². The van der Waals surface area contributed by atoms with Gasteiger partial charge in [-0.25, -0.2) is 0 Å². The lowest BCUT2D eigenvalue weighted by atomic mass is 9.55. The van der Waals surface area contributed by atoms with Crippen molar-refractivity contribution in [1.29, 1.82) is 0 Å². The molecule has 23 heterocycles. The number of hydrogen-bond acceptors (Lipinski definition) is 14. The highest BCUT2D eigenvalue weighted by atomic mass is 16.5. The number of Topliss-reactive ketones (excluding diaryl/α,β-unsaturated/α-hetero) is 1. The van der Waals surface area contributed by atoms with Crippen LogP contribution in [-0.2, 0) is 83.5 Å². The van der Waals surface area contributed by atoms with Crippen LogP contribution in [0.25, 0.3) is 65.4 Å². The summed E-state index contributed by atoms with van der Waals surface area (Å²) in [7, 11) is 1.53. The number of fused-ring (bicyclic) bond motifs is 24. The number of carbonyl (C=O) groups is 2. The van der Waals surface area contributed by atoms with Crippen LogP contribution in [0, 0.1) is 77.9 Å². The second-order valence-corrected chi connectivity index (χ2v) is 48.3. The molecule has 30 unspecified atom stereocenters. The lowest BCUT2D eigenvalue weighted by Crippen LogP contribution is -2.67. The van der Waals surface area contributed by atoms with Crippen molar-refractivity contribution in [1.82, 2.24) is 59.7 Å². The van der Waals surface area contributed by atoms with Crippen LogP contribution in [0.15, 0.2) is 109 Å². The largest absolute Gasteiger partial charge is 0.508 e. The first-order valence-corrected chi connectivity index (χ1v) is 56.3. The first-order chi connectivity index (χ1) is 69.2. The molecule has 6 aromatic heterocycles. The molecule has 24 bridgehead atoms. The Morgan fingerprint density at radius 3 is 1.15 bits per heavy atom. The molecule has 12 aromatic rings. The van der Waals surface area contributed by atoms with Crippen molar-refractivity contribution >= 4 is 77.2 Å². The van der Waals surface area contributed by atoms with E-state index in [1.165, 1.54) is 278 Å². The average molecular weight is 1920 g/mol. The molecule has 36 rings (SSSR count). The number of ketones is 1. The number of phenolic OH excluding ortho intramolecular Hbond substituents is 2. The van der Waals surface area contributed by atoms with Crippen molar-refractivity contribution in [3.8, 4) is 11.5 Å². The third-order valence-electron chi connectivity index (χ3n) is 41.4. The van der Waals surface area contributed by atoms with Crippen LogP contribution in [0.4, 0.5) is 0 Å². The molecule has 17 aliphatic heterocycles. The number of rotatable bonds is 11. The molecule has 20 nitrogen and oxygen atoms in total. The molecule has 0 amide bonds. The van der Waals surface area contributed by atoms with E-state index in [-0.39, 0.29) is 37.2 Å². The maximum atomic E-state index is 13.4. The third kappa shape index (κ3) is 15.2. The molecule has 142 heavy (non-hydrogen) atoms. The highest BCUT2D eigenvalue weighted by molar-refractivity contribution is 5.96. The molecule has 0 spiro atoms. The number of hydrogen-bond donors (Lipinski definition) is 12. The maximum Gasteiger partial charge on any atom is 0.319 e. The number of aryl methyl sites for hydroxylation is 2. The van der Waals surface area contributed by atoms with Gasteiger partial charge in [-0.1, -0.05) is 110 Å². The summed E-state index contributed by atoms with van der Waals surface area (Å²) in [5.74, 6) is 13.1. The molecular formula is C122H156N12O8. The fraction of sp³-hybridized carbons (Fsp3) is 0.590. The van der Waals surface area contributed by atoms with E-state index in [2.05, 4.69) is 157 Å². The van der Waals surface area contributed by atoms with Crippen LogP contribution in [0.5, 0.6) is 11.5 Å². The van der Waals surface area contributed by atoms with E-state index in [1.807, 2.05) is 55.5 Å². The summed E-state index contributed by atoms with van der Waals surface area (Å²) in [6.45, 7) is 30.3. The summed E-state index contributed by atoms with van der Waals surface area (Å²) in [5, 5.41) is 59.9. The van der Waals surface area contributed by atoms with Crippen LogP contribution in [0.3, 0.4) is 0 Å². The number of esters is 1. The van der Waals surface area contributed by atoms with Crippen molar-refractivity contribution in [2.75, 3.05) is 72.6 Å². The number of aliphatic hydroxyl groups is 3. The van der Waals surface area contributed by atoms with Crippen molar-refractivity contribution in [3.63, 3.8) is 0 Å². The zero-order chi connectivity index (χ0) is 96.9. The Morgan fingerprint density at radius 1 is 0.373 bits per heavy atom. The topological polar surface area (TPSA) is 267 Å². The first kappa shape index (κ1) is 94.0. The number of benzene rings is 6. The Morgan fingerprint density at radius 2 is 0.725 bits per heavy atom. The zero-order valence-electron chi connectivity index (χ0n) is 85.7. The second kappa shape index (κ2) is 37.1. The zero-order valence-corrected chi connectivity index (χ0v) is 85.7. The lowest BCUT2D eigenvalue weighted by molar-refractivity contribution is -0.162. The van der Waals surface area contributed by atoms with Crippen LogP contribution in [0.2, 0.25) is 0 Å². The molecule has 6 aromatic carbocycles. The molecule has 18 fully saturated rings. The van der Waals surface area contributed by atoms with Crippen molar-refractivity contribution in [3.05, 3.63) is 199 Å². The quantitative estimate of drug-likeness (QED) is 0.0538. The predicted octanol–water partition coefficient (Wildman–Crippen LogP) is 20.9. The molecule has 7 aliphatic carbocycles. The molecule has 30 atom stereocenters. The van der Waals surface area contributed by atoms with E-state index in [4.69, 9.17) is 4.74 Å². The van der Waals surface area contributed by atoms with Crippen molar-refractivity contribution in [2.45, 2.75) is 313 Å². The lowest BCUT2D eigenvalue weighted by Gasteiger charge is -2.58. The van der Waals surface area contributed by atoms with E-state index < -0.39 is 5.41 Å². The van der Waals surface area contributed by atoms with Crippen molar-refractivity contribution in [2.24, 2.45) is 71.0 Å². The fourth-order valence-electron chi connectivity index (χ4n) is 36.0. The minimum atomic E-state index is -0.596. The van der Waals surface area contributed by atoms with E-state index in [0.29, 0.717) is 82.8 Å². The molecule has 0 radical (unpaired) electrons. The summed E-state index contributed by atoms with van der Waals surface area (Å²) in [4.78, 5) is 62.6. The smallest absolute Gasteiger partial charge is 0.319 e. The third-order valence-corrected chi connectivity index (χ3v) is 41.4. The van der Waals surface area contributed by atoms with Gasteiger partial charge in [0, 0.05) is 231 Å². The summed E-state index contributed by atoms with van der Waals surface area (Å²) in [6.07, 6.45) is 30.8. The number of aromatic nitrogens is 6. The molecule has 24 aliphatic rings. The normalized spacial score (nSPS) is 35.6. The first-order valence-electron chi connectivity index (χ1n) is 56.3. The molecule has 752 valence electrons. The average Bonchev–Trinajstić information content (AvgIpc) is 1.50. The van der Waals surface area contributed by atoms with Gasteiger partial charge in [-0.05, 0) is 342 Å². The number of ether oxygens (including phenoxy) is 1. The number of methoxy groups -OCH3 is 1. The summed E-state index contributed by atoms with van der Waals surface area (Å²) in [5.41, 5.74) is 27.6. The van der Waals surface area contributed by atoms with E-state index in [9.17, 15) is 35.1 Å². The van der Waals surface area contributed by atoms with Gasteiger partial charge in [-0.15, -0.1) is 0 Å². The van der Waals surface area contributed by atoms with E-state index in [1.54, 1.807) is 12.1 Å². The highest BCUT2D eigenvalue weighted by Crippen LogP contribution is 2.61. The van der Waals surface area contributed by atoms with Crippen LogP contribution >= 0.6 is 0 Å². The minimum Gasteiger partial charge on any atom is -0.508 e. The van der Waals surface area contributed by atoms with Crippen LogP contribution in [-0.4, -0.2) is 207 Å². The number of aromatic amines is 6. The number of carbonyl (C=O) groups excluding carboxylic acids is 2. The Balaban J connectivity index is 0.0000000897. The Bertz CT molecular complexity index is 6550. The Kier molecular flexibility index (Phi) is 24.5. The summed E-state index contributed by atoms with van der Waals surface area (Å²) < 4.78 is 5.44. The minimum absolute atomic E-state index is 0.0345. The van der Waals surface area contributed by atoms with Crippen LogP contribution < -0.4 is 5.32 Å². The number of aliphatic hydroxyl groups excluding tert-OH is 3. The van der Waals surface area contributed by atoms with E-state index >= 15 is 0 Å². The van der Waals surface area contributed by atoms with Gasteiger partial charge in [0.2, 0.25) is 0 Å². The SMILES string of the molecule is CCC1CC2CC3c4[nH]c5ccc(CO)cc5c4CCN(C2)C13.CCC1CC2CC3c4[nH]c5ccc(CO)cc5c4CCN(C2)C13.CCC1CC2CC3c4[nH]c5ccc(O)cc5c4CCC(N2)C13.CCC1CC2CC3c4[nH]c5ccc(O)cc5c4CCN(C2)C13.CCC1CC2CN3CCc4c([nH]c5ccc(C)cc45)C(C(C)=O)(C2)C13.CCC1CC2CN3CCc4c([nH]c5ccc(CO)cc45)C(C(=O)OC)(C2)C13. The highest BCUT2D eigenvalue weighted by Gasteiger charge is 2.65. The predicted molar refractivity (Wildman–Crippen MR) is 566 cm³/mol. The van der Waals surface area contributed by atoms with Gasteiger partial charge in [0.25, 0.3) is 0 Å². The van der Waals surface area contributed by atoms with E-state index in [0.717, 1.165) is 176 Å². The second-order valence-electron chi connectivity index (χ2n) is 48.3. The maximum absolute atomic E-state index is 13.4. The van der Waals surface area contributed by atoms with Gasteiger partial charge in [0.15, 0.2) is 0 Å². The van der Waals surface area contributed by atoms with Gasteiger partial charge in [0.1, 0.15) is 22.7 Å². The molecule has 12 saturated heterocycles. The summed E-state index contributed by atoms with van der Waals surface area (Å²) in [6, 6.07) is 41.3. The number of phenols is 2. The summed E-state index contributed by atoms with van der Waals surface area (Å²) >= 11 is 0. The van der Waals surface area contributed by atoms with Crippen LogP contribution in [0.1, 0.15) is 284 Å². The Labute approximate surface area is 838 Å². The molecular weight excluding hydrogens is 1760 g/mol. The Hall–Kier alpha value is -9.06. The molecule has 12 N–H and O–H groups in total.